The second kappa shape index (κ2) is 12.6. The topological polar surface area (TPSA) is 87.5 Å². The van der Waals surface area contributed by atoms with Crippen LogP contribution in [0.1, 0.15) is 15.9 Å². The SMILES string of the molecule is CN(C)CCc1ccc(Nc2nccc(-c3c(-c4cccc(NC(=O)c5cccc(F)c5Cl)c4)nc4ccccn34)n2)cc1. The lowest BCUT2D eigenvalue weighted by molar-refractivity contribution is 0.102. The van der Waals surface area contributed by atoms with E-state index in [-0.39, 0.29) is 10.6 Å². The molecule has 1 amide bonds. The van der Waals surface area contributed by atoms with E-state index in [1.165, 1.54) is 23.8 Å². The Morgan fingerprint density at radius 2 is 1.75 bits per heavy atom. The van der Waals surface area contributed by atoms with Crippen LogP contribution in [-0.4, -0.2) is 50.8 Å². The first-order valence-corrected chi connectivity index (χ1v) is 14.4. The number of amides is 1. The Labute approximate surface area is 259 Å². The zero-order valence-corrected chi connectivity index (χ0v) is 24.9. The van der Waals surface area contributed by atoms with Gasteiger partial charge >= 0.3 is 0 Å². The van der Waals surface area contributed by atoms with Crippen molar-refractivity contribution in [2.45, 2.75) is 6.42 Å². The number of hydrogen-bond donors (Lipinski definition) is 2. The van der Waals surface area contributed by atoms with Crippen LogP contribution in [-0.2, 0) is 6.42 Å². The smallest absolute Gasteiger partial charge is 0.257 e. The fourth-order valence-electron chi connectivity index (χ4n) is 4.85. The van der Waals surface area contributed by atoms with Crippen LogP contribution in [0.2, 0.25) is 5.02 Å². The maximum Gasteiger partial charge on any atom is 0.257 e. The Hall–Kier alpha value is -5.12. The van der Waals surface area contributed by atoms with Crippen molar-refractivity contribution in [1.82, 2.24) is 24.3 Å². The third-order valence-electron chi connectivity index (χ3n) is 7.08. The molecule has 0 atom stereocenters. The van der Waals surface area contributed by atoms with Gasteiger partial charge in [0.25, 0.3) is 5.91 Å². The van der Waals surface area contributed by atoms with E-state index in [0.29, 0.717) is 23.0 Å². The van der Waals surface area contributed by atoms with E-state index in [0.717, 1.165) is 35.6 Å². The van der Waals surface area contributed by atoms with E-state index in [2.05, 4.69) is 46.7 Å². The predicted octanol–water partition coefficient (Wildman–Crippen LogP) is 7.35. The number of benzene rings is 3. The molecule has 3 heterocycles. The third kappa shape index (κ3) is 6.29. The Balaban J connectivity index is 1.31. The molecular weight excluding hydrogens is 577 g/mol. The molecule has 0 aliphatic rings. The quantitative estimate of drug-likeness (QED) is 0.179. The summed E-state index contributed by atoms with van der Waals surface area (Å²) >= 11 is 6.04. The summed E-state index contributed by atoms with van der Waals surface area (Å²) in [6.07, 6.45) is 4.61. The summed E-state index contributed by atoms with van der Waals surface area (Å²) in [5.41, 5.74) is 6.30. The van der Waals surface area contributed by atoms with Crippen LogP contribution in [0.4, 0.5) is 21.7 Å². The lowest BCUT2D eigenvalue weighted by Gasteiger charge is -2.11. The number of nitrogens with one attached hydrogen (secondary N) is 2. The van der Waals surface area contributed by atoms with Gasteiger partial charge in [-0.1, -0.05) is 48.0 Å². The lowest BCUT2D eigenvalue weighted by Crippen LogP contribution is -2.14. The number of likely N-dealkylation sites (N-methyl/N-ethyl adjacent to an activating group) is 1. The zero-order valence-electron chi connectivity index (χ0n) is 24.1. The average molecular weight is 606 g/mol. The maximum atomic E-state index is 14.0. The number of aromatic nitrogens is 4. The molecule has 0 fully saturated rings. The Morgan fingerprint density at radius 3 is 2.57 bits per heavy atom. The summed E-state index contributed by atoms with van der Waals surface area (Å²) in [6, 6.07) is 27.3. The van der Waals surface area contributed by atoms with Crippen molar-refractivity contribution in [1.29, 1.82) is 0 Å². The first kappa shape index (κ1) is 29.0. The molecule has 0 aliphatic heterocycles. The van der Waals surface area contributed by atoms with Gasteiger partial charge in [-0.15, -0.1) is 0 Å². The van der Waals surface area contributed by atoms with E-state index < -0.39 is 11.7 Å². The van der Waals surface area contributed by atoms with Crippen molar-refractivity contribution < 1.29 is 9.18 Å². The molecule has 220 valence electrons. The van der Waals surface area contributed by atoms with Gasteiger partial charge in [0.2, 0.25) is 5.95 Å². The molecule has 0 unspecified atom stereocenters. The molecule has 0 saturated carbocycles. The van der Waals surface area contributed by atoms with Crippen molar-refractivity contribution >= 4 is 40.5 Å². The molecule has 3 aromatic carbocycles. The van der Waals surface area contributed by atoms with Crippen molar-refractivity contribution in [3.63, 3.8) is 0 Å². The number of carbonyl (C=O) groups excluding carboxylic acids is 1. The second-order valence-electron chi connectivity index (χ2n) is 10.5. The van der Waals surface area contributed by atoms with E-state index in [9.17, 15) is 9.18 Å². The summed E-state index contributed by atoms with van der Waals surface area (Å²) < 4.78 is 15.9. The molecule has 0 radical (unpaired) electrons. The molecule has 2 N–H and O–H groups in total. The number of hydrogen-bond acceptors (Lipinski definition) is 6. The number of pyridine rings is 1. The van der Waals surface area contributed by atoms with Gasteiger partial charge < -0.3 is 15.5 Å². The lowest BCUT2D eigenvalue weighted by atomic mass is 10.1. The van der Waals surface area contributed by atoms with Gasteiger partial charge in [0, 0.05) is 35.9 Å². The van der Waals surface area contributed by atoms with Crippen LogP contribution in [0.3, 0.4) is 0 Å². The molecular formula is C34H29ClFN7O. The Morgan fingerprint density at radius 1 is 0.932 bits per heavy atom. The second-order valence-corrected chi connectivity index (χ2v) is 10.9. The molecule has 8 nitrogen and oxygen atoms in total. The summed E-state index contributed by atoms with van der Waals surface area (Å²) in [5.74, 6) is -0.717. The number of anilines is 3. The van der Waals surface area contributed by atoms with Gasteiger partial charge in [-0.25, -0.2) is 19.3 Å². The highest BCUT2D eigenvalue weighted by Crippen LogP contribution is 2.33. The van der Waals surface area contributed by atoms with Crippen LogP contribution in [0.15, 0.2) is 103 Å². The number of imidazole rings is 1. The number of rotatable bonds is 9. The maximum absolute atomic E-state index is 14.0. The van der Waals surface area contributed by atoms with Crippen molar-refractivity contribution in [2.24, 2.45) is 0 Å². The summed E-state index contributed by atoms with van der Waals surface area (Å²) in [7, 11) is 4.13. The highest BCUT2D eigenvalue weighted by atomic mass is 35.5. The van der Waals surface area contributed by atoms with Gasteiger partial charge in [-0.2, -0.15) is 0 Å². The first-order chi connectivity index (χ1) is 21.4. The van der Waals surface area contributed by atoms with Crippen molar-refractivity contribution in [3.05, 3.63) is 125 Å². The Kier molecular flexibility index (Phi) is 8.31. The standard InChI is InChI=1S/C34H29ClFN7O/c1-42(2)20-17-22-12-14-24(15-13-22)39-34-37-18-16-28(40-34)32-31(41-29-11-3-4-19-43(29)32)23-7-5-8-25(21-23)38-33(44)26-9-6-10-27(36)30(26)35/h3-16,18-19,21H,17,20H2,1-2H3,(H,38,44)(H,37,39,40). The molecule has 3 aromatic heterocycles. The molecule has 44 heavy (non-hydrogen) atoms. The minimum atomic E-state index is -0.655. The normalized spacial score (nSPS) is 11.2. The molecule has 6 rings (SSSR count). The van der Waals surface area contributed by atoms with Crippen LogP contribution in [0.5, 0.6) is 0 Å². The van der Waals surface area contributed by atoms with Crippen LogP contribution in [0.25, 0.3) is 28.3 Å². The Bertz CT molecular complexity index is 1960. The average Bonchev–Trinajstić information content (AvgIpc) is 3.42. The molecule has 0 saturated heterocycles. The fraction of sp³-hybridized carbons (Fsp3) is 0.118. The van der Waals surface area contributed by atoms with Gasteiger partial charge in [-0.05, 0) is 80.7 Å². The van der Waals surface area contributed by atoms with Crippen LogP contribution < -0.4 is 10.6 Å². The van der Waals surface area contributed by atoms with Gasteiger partial charge in [0.15, 0.2) is 0 Å². The molecule has 0 spiro atoms. The monoisotopic (exact) mass is 605 g/mol. The largest absolute Gasteiger partial charge is 0.324 e. The number of carbonyl (C=O) groups is 1. The van der Waals surface area contributed by atoms with Gasteiger partial charge in [0.05, 0.1) is 27.7 Å². The number of nitrogens with zero attached hydrogens (tertiary/aromatic N) is 5. The van der Waals surface area contributed by atoms with Crippen molar-refractivity contribution in [3.8, 4) is 22.6 Å². The number of halogens is 2. The molecule has 0 aliphatic carbocycles. The first-order valence-electron chi connectivity index (χ1n) is 14.0. The highest BCUT2D eigenvalue weighted by Gasteiger charge is 2.19. The predicted molar refractivity (Wildman–Crippen MR) is 173 cm³/mol. The fourth-order valence-corrected chi connectivity index (χ4v) is 5.06. The molecule has 0 bridgehead atoms. The summed E-state index contributed by atoms with van der Waals surface area (Å²) in [6.45, 7) is 0.982. The van der Waals surface area contributed by atoms with E-state index >= 15 is 0 Å². The summed E-state index contributed by atoms with van der Waals surface area (Å²) in [5, 5.41) is 5.91. The van der Waals surface area contributed by atoms with Crippen LogP contribution >= 0.6 is 11.6 Å². The molecule has 6 aromatic rings. The minimum Gasteiger partial charge on any atom is -0.324 e. The van der Waals surface area contributed by atoms with E-state index in [4.69, 9.17) is 21.6 Å². The van der Waals surface area contributed by atoms with Gasteiger partial charge in [-0.3, -0.25) is 9.20 Å². The van der Waals surface area contributed by atoms with E-state index in [1.54, 1.807) is 12.3 Å². The third-order valence-corrected chi connectivity index (χ3v) is 7.46. The number of fused-ring (bicyclic) bond motifs is 1. The van der Waals surface area contributed by atoms with Gasteiger partial charge in [0.1, 0.15) is 11.5 Å². The highest BCUT2D eigenvalue weighted by molar-refractivity contribution is 6.34. The van der Waals surface area contributed by atoms with Crippen LogP contribution in [0, 0.1) is 5.82 Å². The van der Waals surface area contributed by atoms with Crippen molar-refractivity contribution in [2.75, 3.05) is 31.3 Å². The zero-order chi connectivity index (χ0) is 30.6. The summed E-state index contributed by atoms with van der Waals surface area (Å²) in [4.78, 5) is 29.3. The van der Waals surface area contributed by atoms with E-state index in [1.807, 2.05) is 65.2 Å². The molecule has 10 heteroatoms. The minimum absolute atomic E-state index is 0.0507.